The molecule has 3 fully saturated rings. The number of ether oxygens (including phenoxy) is 1. The van der Waals surface area contributed by atoms with Gasteiger partial charge in [0, 0.05) is 0 Å². The first kappa shape index (κ1) is 8.35. The van der Waals surface area contributed by atoms with Crippen molar-refractivity contribution in [3.05, 3.63) is 35.9 Å². The van der Waals surface area contributed by atoms with Crippen molar-refractivity contribution in [2.24, 2.45) is 5.41 Å². The Labute approximate surface area is 90.4 Å². The lowest BCUT2D eigenvalue weighted by atomic mass is 9.77. The Morgan fingerprint density at radius 1 is 1.00 bits per heavy atom. The zero-order valence-corrected chi connectivity index (χ0v) is 8.91. The Kier molecular flexibility index (Phi) is 1.37. The first-order valence-corrected chi connectivity index (χ1v) is 6.07. The molecule has 4 rings (SSSR count). The van der Waals surface area contributed by atoms with Gasteiger partial charge in [-0.2, -0.15) is 0 Å². The largest absolute Gasteiger partial charge is 0.361 e. The van der Waals surface area contributed by atoms with E-state index in [-0.39, 0.29) is 5.60 Å². The number of hydrogen-bond acceptors (Lipinski definition) is 1. The topological polar surface area (TPSA) is 12.5 Å². The van der Waals surface area contributed by atoms with Gasteiger partial charge in [0.25, 0.3) is 0 Å². The fraction of sp³-hybridized carbons (Fsp3) is 0.571. The molecule has 15 heavy (non-hydrogen) atoms. The van der Waals surface area contributed by atoms with Gasteiger partial charge < -0.3 is 4.74 Å². The Morgan fingerprint density at radius 2 is 1.73 bits per heavy atom. The number of benzene rings is 1. The highest BCUT2D eigenvalue weighted by Gasteiger charge is 2.65. The third-order valence-corrected chi connectivity index (χ3v) is 4.68. The molecule has 1 spiro atoms. The fourth-order valence-corrected chi connectivity index (χ4v) is 3.34. The molecule has 78 valence electrons. The van der Waals surface area contributed by atoms with E-state index in [1.54, 1.807) is 0 Å². The van der Waals surface area contributed by atoms with Crippen molar-refractivity contribution in [3.8, 4) is 0 Å². The molecule has 0 aromatic heterocycles. The minimum atomic E-state index is 0.134. The van der Waals surface area contributed by atoms with E-state index in [1.165, 1.54) is 37.7 Å². The quantitative estimate of drug-likeness (QED) is 0.634. The van der Waals surface area contributed by atoms with E-state index in [9.17, 15) is 0 Å². The molecule has 1 heteroatoms. The van der Waals surface area contributed by atoms with Crippen LogP contribution in [0.3, 0.4) is 0 Å². The van der Waals surface area contributed by atoms with E-state index >= 15 is 0 Å². The molecule has 0 unspecified atom stereocenters. The monoisotopic (exact) mass is 200 g/mol. The zero-order chi connectivity index (χ0) is 9.93. The highest BCUT2D eigenvalue weighted by Crippen LogP contribution is 2.67. The molecule has 1 aromatic rings. The van der Waals surface area contributed by atoms with Gasteiger partial charge in [0.2, 0.25) is 0 Å². The van der Waals surface area contributed by atoms with Crippen LogP contribution in [0, 0.1) is 5.41 Å². The third kappa shape index (κ3) is 1.07. The highest BCUT2D eigenvalue weighted by atomic mass is 16.6. The lowest BCUT2D eigenvalue weighted by Crippen LogP contribution is -2.23. The van der Waals surface area contributed by atoms with Gasteiger partial charge in [-0.15, -0.1) is 0 Å². The molecule has 1 aromatic carbocycles. The van der Waals surface area contributed by atoms with Crippen LogP contribution in [0.4, 0.5) is 0 Å². The second-order valence-corrected chi connectivity index (χ2v) is 5.57. The van der Waals surface area contributed by atoms with Crippen LogP contribution in [-0.4, -0.2) is 6.10 Å². The molecule has 2 aliphatic carbocycles. The first-order chi connectivity index (χ1) is 7.33. The Balaban J connectivity index is 1.64. The smallest absolute Gasteiger partial charge is 0.120 e. The molecule has 2 saturated carbocycles. The molecule has 0 radical (unpaired) electrons. The van der Waals surface area contributed by atoms with Crippen LogP contribution in [-0.2, 0) is 10.3 Å². The van der Waals surface area contributed by atoms with Crippen LogP contribution in [0.2, 0.25) is 0 Å². The van der Waals surface area contributed by atoms with Gasteiger partial charge in [-0.05, 0) is 43.1 Å². The summed E-state index contributed by atoms with van der Waals surface area (Å²) >= 11 is 0. The van der Waals surface area contributed by atoms with Crippen molar-refractivity contribution in [2.45, 2.75) is 43.8 Å². The zero-order valence-electron chi connectivity index (χ0n) is 8.91. The molecular formula is C14H16O. The summed E-state index contributed by atoms with van der Waals surface area (Å²) in [5.41, 5.74) is 2.26. The van der Waals surface area contributed by atoms with Crippen molar-refractivity contribution in [3.63, 3.8) is 0 Å². The number of epoxide rings is 1. The summed E-state index contributed by atoms with van der Waals surface area (Å²) in [6.45, 7) is 0. The van der Waals surface area contributed by atoms with Gasteiger partial charge in [0.15, 0.2) is 0 Å². The molecule has 1 nitrogen and oxygen atoms in total. The SMILES string of the molecule is c1ccc([C@@]23CCC4(CC4)C[C@@H]2O3)cc1. The van der Waals surface area contributed by atoms with Crippen molar-refractivity contribution >= 4 is 0 Å². The Morgan fingerprint density at radius 3 is 2.40 bits per heavy atom. The minimum absolute atomic E-state index is 0.134. The van der Waals surface area contributed by atoms with E-state index in [0.717, 1.165) is 5.41 Å². The molecule has 1 aliphatic heterocycles. The van der Waals surface area contributed by atoms with Crippen LogP contribution < -0.4 is 0 Å². The van der Waals surface area contributed by atoms with Crippen LogP contribution in [0.5, 0.6) is 0 Å². The van der Waals surface area contributed by atoms with Crippen molar-refractivity contribution < 1.29 is 4.74 Å². The Hall–Kier alpha value is -0.820. The summed E-state index contributed by atoms with van der Waals surface area (Å²) < 4.78 is 6.03. The maximum absolute atomic E-state index is 6.03. The van der Waals surface area contributed by atoms with E-state index in [4.69, 9.17) is 4.74 Å². The average Bonchev–Trinajstić information content (AvgIpc) is 3.18. The fourth-order valence-electron chi connectivity index (χ4n) is 3.34. The molecule has 0 N–H and O–H groups in total. The summed E-state index contributed by atoms with van der Waals surface area (Å²) in [5.74, 6) is 0. The van der Waals surface area contributed by atoms with Crippen molar-refractivity contribution in [2.75, 3.05) is 0 Å². The molecular weight excluding hydrogens is 184 g/mol. The summed E-state index contributed by atoms with van der Waals surface area (Å²) in [5, 5.41) is 0. The minimum Gasteiger partial charge on any atom is -0.361 e. The lowest BCUT2D eigenvalue weighted by Gasteiger charge is -2.24. The molecule has 2 atom stereocenters. The molecule has 0 bridgehead atoms. The molecule has 0 amide bonds. The summed E-state index contributed by atoms with van der Waals surface area (Å²) in [7, 11) is 0. The normalized spacial score (nSPS) is 39.9. The van der Waals surface area contributed by atoms with Gasteiger partial charge in [-0.25, -0.2) is 0 Å². The van der Waals surface area contributed by atoms with Crippen molar-refractivity contribution in [1.29, 1.82) is 0 Å². The second-order valence-electron chi connectivity index (χ2n) is 5.57. The standard InChI is InChI=1S/C14H16O/c1-2-4-11(5-3-1)14-9-8-13(6-7-13)10-12(14)15-14/h1-5,12H,6-10H2/t12-,14-/m0/s1. The Bertz CT molecular complexity index is 393. The number of rotatable bonds is 1. The van der Waals surface area contributed by atoms with Gasteiger partial charge in [0.1, 0.15) is 5.60 Å². The van der Waals surface area contributed by atoms with Crippen LogP contribution >= 0.6 is 0 Å². The molecule has 1 heterocycles. The van der Waals surface area contributed by atoms with E-state index < -0.39 is 0 Å². The number of fused-ring (bicyclic) bond motifs is 1. The maximum atomic E-state index is 6.03. The molecule has 3 aliphatic rings. The first-order valence-electron chi connectivity index (χ1n) is 6.07. The van der Waals surface area contributed by atoms with Gasteiger partial charge in [-0.3, -0.25) is 0 Å². The van der Waals surface area contributed by atoms with Crippen LogP contribution in [0.1, 0.15) is 37.7 Å². The van der Waals surface area contributed by atoms with Crippen LogP contribution in [0.15, 0.2) is 30.3 Å². The van der Waals surface area contributed by atoms with Crippen molar-refractivity contribution in [1.82, 2.24) is 0 Å². The highest BCUT2D eigenvalue weighted by molar-refractivity contribution is 5.31. The van der Waals surface area contributed by atoms with E-state index in [0.29, 0.717) is 6.10 Å². The third-order valence-electron chi connectivity index (χ3n) is 4.68. The average molecular weight is 200 g/mol. The van der Waals surface area contributed by atoms with Crippen LogP contribution in [0.25, 0.3) is 0 Å². The summed E-state index contributed by atoms with van der Waals surface area (Å²) in [6.07, 6.45) is 7.41. The summed E-state index contributed by atoms with van der Waals surface area (Å²) in [6, 6.07) is 10.8. The lowest BCUT2D eigenvalue weighted by molar-refractivity contribution is 0.281. The van der Waals surface area contributed by atoms with Gasteiger partial charge >= 0.3 is 0 Å². The van der Waals surface area contributed by atoms with Gasteiger partial charge in [0.05, 0.1) is 6.10 Å². The predicted octanol–water partition coefficient (Wildman–Crippen LogP) is 3.24. The number of hydrogen-bond donors (Lipinski definition) is 0. The second kappa shape index (κ2) is 2.46. The van der Waals surface area contributed by atoms with E-state index in [2.05, 4.69) is 30.3 Å². The van der Waals surface area contributed by atoms with E-state index in [1.807, 2.05) is 0 Å². The summed E-state index contributed by atoms with van der Waals surface area (Å²) in [4.78, 5) is 0. The predicted molar refractivity (Wildman–Crippen MR) is 58.5 cm³/mol. The van der Waals surface area contributed by atoms with Gasteiger partial charge in [-0.1, -0.05) is 30.3 Å². The molecule has 1 saturated heterocycles. The maximum Gasteiger partial charge on any atom is 0.120 e.